The molecule has 0 saturated heterocycles. The van der Waals surface area contributed by atoms with Crippen LogP contribution >= 0.6 is 11.6 Å². The highest BCUT2D eigenvalue weighted by Gasteiger charge is 2.11. The summed E-state index contributed by atoms with van der Waals surface area (Å²) in [7, 11) is 1.75. The largest absolute Gasteiger partial charge is 0.322 e. The number of carbonyl (C=O) groups excluding carboxylic acids is 1. The number of amides is 2. The standard InChI is InChI=1S/C14H17ClN4O/c1-3-19-13(8-9-16-19)10-18(2)14(20)17-12-6-4-11(15)5-7-12/h4-9H,3,10H2,1-2H3,(H,17,20). The Labute approximate surface area is 123 Å². The van der Waals surface area contributed by atoms with Crippen molar-refractivity contribution in [1.82, 2.24) is 14.7 Å². The van der Waals surface area contributed by atoms with Gasteiger partial charge in [0.05, 0.1) is 12.2 Å². The zero-order valence-corrected chi connectivity index (χ0v) is 12.3. The zero-order valence-electron chi connectivity index (χ0n) is 11.5. The fourth-order valence-electron chi connectivity index (χ4n) is 1.85. The van der Waals surface area contributed by atoms with Gasteiger partial charge >= 0.3 is 6.03 Å². The van der Waals surface area contributed by atoms with Crippen LogP contribution in [0.1, 0.15) is 12.6 Å². The van der Waals surface area contributed by atoms with E-state index < -0.39 is 0 Å². The summed E-state index contributed by atoms with van der Waals surface area (Å²) in [6.07, 6.45) is 1.74. The number of rotatable bonds is 4. The Morgan fingerprint density at radius 3 is 2.70 bits per heavy atom. The van der Waals surface area contributed by atoms with Crippen LogP contribution < -0.4 is 5.32 Å². The maximum atomic E-state index is 12.1. The van der Waals surface area contributed by atoms with Gasteiger partial charge in [-0.25, -0.2) is 4.79 Å². The number of hydrogen-bond donors (Lipinski definition) is 1. The molecule has 0 aliphatic carbocycles. The molecule has 1 aromatic heterocycles. The molecule has 0 aliphatic heterocycles. The summed E-state index contributed by atoms with van der Waals surface area (Å²) < 4.78 is 1.87. The van der Waals surface area contributed by atoms with Gasteiger partial charge in [0.1, 0.15) is 0 Å². The second-order valence-electron chi connectivity index (χ2n) is 4.43. The quantitative estimate of drug-likeness (QED) is 0.940. The molecule has 0 atom stereocenters. The average Bonchev–Trinajstić information content (AvgIpc) is 2.88. The number of nitrogens with one attached hydrogen (secondary N) is 1. The van der Waals surface area contributed by atoms with E-state index >= 15 is 0 Å². The fourth-order valence-corrected chi connectivity index (χ4v) is 1.97. The number of benzene rings is 1. The molecule has 2 aromatic rings. The first-order valence-electron chi connectivity index (χ1n) is 6.38. The highest BCUT2D eigenvalue weighted by atomic mass is 35.5. The predicted octanol–water partition coefficient (Wildman–Crippen LogP) is 3.22. The van der Waals surface area contributed by atoms with Crippen molar-refractivity contribution in [3.8, 4) is 0 Å². The first-order chi connectivity index (χ1) is 9.60. The third-order valence-corrected chi connectivity index (χ3v) is 3.20. The number of hydrogen-bond acceptors (Lipinski definition) is 2. The van der Waals surface area contributed by atoms with E-state index in [1.54, 1.807) is 42.4 Å². The molecule has 0 saturated carbocycles. The summed E-state index contributed by atoms with van der Waals surface area (Å²) in [5, 5.41) is 7.64. The summed E-state index contributed by atoms with van der Waals surface area (Å²) in [6.45, 7) is 3.31. The highest BCUT2D eigenvalue weighted by Crippen LogP contribution is 2.14. The van der Waals surface area contributed by atoms with Gasteiger partial charge in [0.25, 0.3) is 0 Å². The van der Waals surface area contributed by atoms with Gasteiger partial charge in [0.15, 0.2) is 0 Å². The third-order valence-electron chi connectivity index (χ3n) is 2.95. The Hall–Kier alpha value is -2.01. The molecule has 2 rings (SSSR count). The SMILES string of the molecule is CCn1nccc1CN(C)C(=O)Nc1ccc(Cl)cc1. The maximum absolute atomic E-state index is 12.1. The van der Waals surface area contributed by atoms with Crippen LogP contribution in [0, 0.1) is 0 Å². The van der Waals surface area contributed by atoms with Crippen molar-refractivity contribution in [1.29, 1.82) is 0 Å². The van der Waals surface area contributed by atoms with E-state index in [9.17, 15) is 4.79 Å². The van der Waals surface area contributed by atoms with Crippen molar-refractivity contribution in [2.24, 2.45) is 0 Å². The Morgan fingerprint density at radius 2 is 2.05 bits per heavy atom. The Kier molecular flexibility index (Phi) is 4.63. The third kappa shape index (κ3) is 3.51. The number of anilines is 1. The van der Waals surface area contributed by atoms with Crippen LogP contribution in [-0.4, -0.2) is 27.8 Å². The Morgan fingerprint density at radius 1 is 1.35 bits per heavy atom. The lowest BCUT2D eigenvalue weighted by Crippen LogP contribution is -2.31. The summed E-state index contributed by atoms with van der Waals surface area (Å²) >= 11 is 5.81. The van der Waals surface area contributed by atoms with Gasteiger partial charge in [-0.3, -0.25) is 4.68 Å². The molecule has 0 bridgehead atoms. The molecule has 0 fully saturated rings. The number of halogens is 1. The van der Waals surface area contributed by atoms with Crippen molar-refractivity contribution in [2.45, 2.75) is 20.0 Å². The van der Waals surface area contributed by atoms with E-state index in [0.717, 1.165) is 17.9 Å². The fraction of sp³-hybridized carbons (Fsp3) is 0.286. The molecule has 1 N–H and O–H groups in total. The molecule has 2 amide bonds. The second-order valence-corrected chi connectivity index (χ2v) is 4.87. The molecule has 1 aromatic carbocycles. The number of urea groups is 1. The molecule has 0 spiro atoms. The van der Waals surface area contributed by atoms with Gasteiger partial charge in [0, 0.05) is 30.5 Å². The Balaban J connectivity index is 1.97. The van der Waals surface area contributed by atoms with Crippen LogP contribution in [0.5, 0.6) is 0 Å². The van der Waals surface area contributed by atoms with E-state index in [0.29, 0.717) is 11.6 Å². The lowest BCUT2D eigenvalue weighted by Gasteiger charge is -2.18. The van der Waals surface area contributed by atoms with Gasteiger partial charge in [-0.05, 0) is 37.3 Å². The summed E-state index contributed by atoms with van der Waals surface area (Å²) in [6, 6.07) is 8.76. The van der Waals surface area contributed by atoms with Gasteiger partial charge < -0.3 is 10.2 Å². The van der Waals surface area contributed by atoms with E-state index in [-0.39, 0.29) is 6.03 Å². The van der Waals surface area contributed by atoms with E-state index in [1.807, 2.05) is 17.7 Å². The van der Waals surface area contributed by atoms with Gasteiger partial charge in [-0.15, -0.1) is 0 Å². The minimum Gasteiger partial charge on any atom is -0.322 e. The number of aromatic nitrogens is 2. The molecule has 1 heterocycles. The van der Waals surface area contributed by atoms with Crippen LogP contribution in [0.25, 0.3) is 0 Å². The first kappa shape index (κ1) is 14.4. The van der Waals surface area contributed by atoms with E-state index in [1.165, 1.54) is 0 Å². The normalized spacial score (nSPS) is 10.3. The molecule has 0 radical (unpaired) electrons. The lowest BCUT2D eigenvalue weighted by atomic mass is 10.3. The highest BCUT2D eigenvalue weighted by molar-refractivity contribution is 6.30. The van der Waals surface area contributed by atoms with Crippen molar-refractivity contribution in [3.63, 3.8) is 0 Å². The first-order valence-corrected chi connectivity index (χ1v) is 6.76. The topological polar surface area (TPSA) is 50.2 Å². The number of aryl methyl sites for hydroxylation is 1. The molecular weight excluding hydrogens is 276 g/mol. The van der Waals surface area contributed by atoms with E-state index in [4.69, 9.17) is 11.6 Å². The molecular formula is C14H17ClN4O. The van der Waals surface area contributed by atoms with Crippen LogP contribution in [0.15, 0.2) is 36.5 Å². The average molecular weight is 293 g/mol. The lowest BCUT2D eigenvalue weighted by molar-refractivity contribution is 0.219. The summed E-state index contributed by atoms with van der Waals surface area (Å²) in [4.78, 5) is 13.7. The summed E-state index contributed by atoms with van der Waals surface area (Å²) in [5.74, 6) is 0. The molecule has 5 nitrogen and oxygen atoms in total. The summed E-state index contributed by atoms with van der Waals surface area (Å²) in [5.41, 5.74) is 1.72. The smallest absolute Gasteiger partial charge is 0.321 e. The minimum atomic E-state index is -0.170. The number of carbonyl (C=O) groups is 1. The molecule has 0 unspecified atom stereocenters. The van der Waals surface area contributed by atoms with Crippen molar-refractivity contribution in [2.75, 3.05) is 12.4 Å². The molecule has 0 aliphatic rings. The van der Waals surface area contributed by atoms with Gasteiger partial charge in [0.2, 0.25) is 0 Å². The monoisotopic (exact) mass is 292 g/mol. The van der Waals surface area contributed by atoms with Crippen LogP contribution in [0.3, 0.4) is 0 Å². The molecule has 106 valence electrons. The maximum Gasteiger partial charge on any atom is 0.321 e. The van der Waals surface area contributed by atoms with Crippen LogP contribution in [0.2, 0.25) is 5.02 Å². The Bertz CT molecular complexity index is 579. The van der Waals surface area contributed by atoms with Gasteiger partial charge in [-0.2, -0.15) is 5.10 Å². The van der Waals surface area contributed by atoms with E-state index in [2.05, 4.69) is 10.4 Å². The van der Waals surface area contributed by atoms with Crippen molar-refractivity contribution < 1.29 is 4.79 Å². The number of nitrogens with zero attached hydrogens (tertiary/aromatic N) is 3. The zero-order chi connectivity index (χ0) is 14.5. The predicted molar refractivity (Wildman–Crippen MR) is 79.8 cm³/mol. The molecule has 20 heavy (non-hydrogen) atoms. The van der Waals surface area contributed by atoms with Crippen molar-refractivity contribution >= 4 is 23.3 Å². The second kappa shape index (κ2) is 6.43. The minimum absolute atomic E-state index is 0.170. The molecule has 6 heteroatoms. The van der Waals surface area contributed by atoms with Gasteiger partial charge in [-0.1, -0.05) is 11.6 Å². The van der Waals surface area contributed by atoms with Crippen molar-refractivity contribution in [3.05, 3.63) is 47.2 Å². The van der Waals surface area contributed by atoms with Crippen LogP contribution in [-0.2, 0) is 13.1 Å². The van der Waals surface area contributed by atoms with Crippen LogP contribution in [0.4, 0.5) is 10.5 Å².